The molecular weight excluding hydrogens is 232 g/mol. The molecule has 0 spiro atoms. The molecule has 0 unspecified atom stereocenters. The van der Waals surface area contributed by atoms with Gasteiger partial charge in [0.1, 0.15) is 11.8 Å². The van der Waals surface area contributed by atoms with E-state index in [1.54, 1.807) is 7.05 Å². The van der Waals surface area contributed by atoms with Crippen molar-refractivity contribution in [1.82, 2.24) is 5.32 Å². The molecule has 1 aromatic rings. The van der Waals surface area contributed by atoms with Crippen LogP contribution in [0.3, 0.4) is 0 Å². The first-order valence-electron chi connectivity index (χ1n) is 4.88. The lowest BCUT2D eigenvalue weighted by Crippen LogP contribution is -2.26. The van der Waals surface area contributed by atoms with Crippen molar-refractivity contribution >= 4 is 5.97 Å². The molecule has 0 radical (unpaired) electrons. The minimum atomic E-state index is -2.86. The molecule has 0 saturated carbocycles. The molecule has 0 aliphatic rings. The zero-order valence-electron chi connectivity index (χ0n) is 9.44. The number of likely N-dealkylation sites (N-methyl/N-ethyl adjacent to an activating group) is 1. The molecule has 0 saturated heterocycles. The van der Waals surface area contributed by atoms with Gasteiger partial charge >= 0.3 is 12.6 Å². The third kappa shape index (κ3) is 3.67. The lowest BCUT2D eigenvalue weighted by molar-refractivity contribution is -0.143. The normalized spacial score (nSPS) is 12.3. The summed E-state index contributed by atoms with van der Waals surface area (Å²) in [6.07, 6.45) is 0. The SMILES string of the molecule is CN[C@H](C(=O)OC)c1ccc(OC(F)F)cc1. The second kappa shape index (κ2) is 6.15. The van der Waals surface area contributed by atoms with E-state index in [4.69, 9.17) is 0 Å². The smallest absolute Gasteiger partial charge is 0.387 e. The molecule has 0 bridgehead atoms. The fraction of sp³-hybridized carbons (Fsp3) is 0.364. The van der Waals surface area contributed by atoms with Gasteiger partial charge in [0.15, 0.2) is 0 Å². The summed E-state index contributed by atoms with van der Waals surface area (Å²) >= 11 is 0. The molecular formula is C11H13F2NO3. The number of esters is 1. The number of ether oxygens (including phenoxy) is 2. The standard InChI is InChI=1S/C11H13F2NO3/c1-14-9(10(15)16-2)7-3-5-8(6-4-7)17-11(12)13/h3-6,9,11,14H,1-2H3/t9-/m0/s1. The highest BCUT2D eigenvalue weighted by Crippen LogP contribution is 2.19. The summed E-state index contributed by atoms with van der Waals surface area (Å²) < 4.78 is 32.6. The van der Waals surface area contributed by atoms with E-state index >= 15 is 0 Å². The highest BCUT2D eigenvalue weighted by Gasteiger charge is 2.19. The van der Waals surface area contributed by atoms with Crippen molar-refractivity contribution in [3.8, 4) is 5.75 Å². The lowest BCUT2D eigenvalue weighted by atomic mass is 10.1. The molecule has 0 aliphatic carbocycles. The predicted octanol–water partition coefficient (Wildman–Crippen LogP) is 1.72. The van der Waals surface area contributed by atoms with E-state index in [1.165, 1.54) is 31.4 Å². The predicted molar refractivity (Wildman–Crippen MR) is 56.9 cm³/mol. The molecule has 0 aliphatic heterocycles. The molecule has 6 heteroatoms. The van der Waals surface area contributed by atoms with Crippen LogP contribution in [0, 0.1) is 0 Å². The van der Waals surface area contributed by atoms with Gasteiger partial charge in [-0.05, 0) is 24.7 Å². The van der Waals surface area contributed by atoms with Gasteiger partial charge in [0.2, 0.25) is 0 Å². The maximum atomic E-state index is 11.9. The Bertz CT molecular complexity index is 367. The minimum Gasteiger partial charge on any atom is -0.468 e. The lowest BCUT2D eigenvalue weighted by Gasteiger charge is -2.14. The van der Waals surface area contributed by atoms with Crippen molar-refractivity contribution in [2.45, 2.75) is 12.7 Å². The number of methoxy groups -OCH3 is 1. The zero-order valence-corrected chi connectivity index (χ0v) is 9.44. The number of alkyl halides is 2. The number of hydrogen-bond donors (Lipinski definition) is 1. The Balaban J connectivity index is 2.81. The van der Waals surface area contributed by atoms with Crippen LogP contribution >= 0.6 is 0 Å². The fourth-order valence-electron chi connectivity index (χ4n) is 1.38. The van der Waals surface area contributed by atoms with Crippen molar-refractivity contribution in [1.29, 1.82) is 0 Å². The molecule has 1 rings (SSSR count). The Morgan fingerprint density at radius 2 is 1.88 bits per heavy atom. The maximum absolute atomic E-state index is 11.9. The van der Waals surface area contributed by atoms with Gasteiger partial charge in [-0.25, -0.2) is 4.79 Å². The van der Waals surface area contributed by atoms with Crippen molar-refractivity contribution in [3.05, 3.63) is 29.8 Å². The minimum absolute atomic E-state index is 0.0449. The van der Waals surface area contributed by atoms with Gasteiger partial charge < -0.3 is 14.8 Å². The van der Waals surface area contributed by atoms with Crippen LogP contribution in [0.2, 0.25) is 0 Å². The molecule has 0 amide bonds. The van der Waals surface area contributed by atoms with Crippen molar-refractivity contribution in [2.24, 2.45) is 0 Å². The van der Waals surface area contributed by atoms with E-state index in [1.807, 2.05) is 0 Å². The summed E-state index contributed by atoms with van der Waals surface area (Å²) in [4.78, 5) is 11.4. The van der Waals surface area contributed by atoms with E-state index in [-0.39, 0.29) is 5.75 Å². The second-order valence-electron chi connectivity index (χ2n) is 3.19. The Labute approximate surface area is 97.5 Å². The van der Waals surface area contributed by atoms with Crippen LogP contribution in [0.25, 0.3) is 0 Å². The van der Waals surface area contributed by atoms with E-state index in [9.17, 15) is 13.6 Å². The molecule has 4 nitrogen and oxygen atoms in total. The largest absolute Gasteiger partial charge is 0.468 e. The third-order valence-corrected chi connectivity index (χ3v) is 2.16. The number of carbonyl (C=O) groups is 1. The van der Waals surface area contributed by atoms with Crippen LogP contribution in [0.5, 0.6) is 5.75 Å². The molecule has 0 heterocycles. The van der Waals surface area contributed by atoms with Crippen LogP contribution in [-0.4, -0.2) is 26.7 Å². The second-order valence-corrected chi connectivity index (χ2v) is 3.19. The van der Waals surface area contributed by atoms with Crippen molar-refractivity contribution < 1.29 is 23.0 Å². The van der Waals surface area contributed by atoms with Gasteiger partial charge in [0.05, 0.1) is 7.11 Å². The molecule has 0 fully saturated rings. The van der Waals surface area contributed by atoms with Gasteiger partial charge in [-0.1, -0.05) is 12.1 Å². The Morgan fingerprint density at radius 1 is 1.29 bits per heavy atom. The third-order valence-electron chi connectivity index (χ3n) is 2.16. The summed E-state index contributed by atoms with van der Waals surface area (Å²) in [5, 5.41) is 2.77. The number of rotatable bonds is 5. The molecule has 1 atom stereocenters. The average molecular weight is 245 g/mol. The van der Waals surface area contributed by atoms with E-state index < -0.39 is 18.6 Å². The highest BCUT2D eigenvalue weighted by atomic mass is 19.3. The van der Waals surface area contributed by atoms with Crippen molar-refractivity contribution in [3.63, 3.8) is 0 Å². The first-order chi connectivity index (χ1) is 8.08. The molecule has 1 aromatic carbocycles. The number of nitrogens with one attached hydrogen (secondary N) is 1. The Morgan fingerprint density at radius 3 is 2.29 bits per heavy atom. The monoisotopic (exact) mass is 245 g/mol. The fourth-order valence-corrected chi connectivity index (χ4v) is 1.38. The number of benzene rings is 1. The van der Waals surface area contributed by atoms with Gasteiger partial charge in [0, 0.05) is 0 Å². The first kappa shape index (κ1) is 13.4. The first-order valence-corrected chi connectivity index (χ1v) is 4.88. The molecule has 0 aromatic heterocycles. The van der Waals surface area contributed by atoms with Crippen LogP contribution < -0.4 is 10.1 Å². The summed E-state index contributed by atoms with van der Waals surface area (Å²) in [6.45, 7) is -2.86. The maximum Gasteiger partial charge on any atom is 0.387 e. The molecule has 94 valence electrons. The summed E-state index contributed by atoms with van der Waals surface area (Å²) in [5.74, 6) is -0.404. The summed E-state index contributed by atoms with van der Waals surface area (Å²) in [7, 11) is 2.88. The number of carbonyl (C=O) groups excluding carboxylic acids is 1. The van der Waals surface area contributed by atoms with E-state index in [0.29, 0.717) is 5.56 Å². The topological polar surface area (TPSA) is 47.6 Å². The van der Waals surface area contributed by atoms with Crippen LogP contribution in [0.15, 0.2) is 24.3 Å². The Hall–Kier alpha value is -1.69. The number of hydrogen-bond acceptors (Lipinski definition) is 4. The van der Waals surface area contributed by atoms with Gasteiger partial charge in [-0.2, -0.15) is 8.78 Å². The highest BCUT2D eigenvalue weighted by molar-refractivity contribution is 5.77. The van der Waals surface area contributed by atoms with Gasteiger partial charge in [0.25, 0.3) is 0 Å². The molecule has 1 N–H and O–H groups in total. The Kier molecular flexibility index (Phi) is 4.84. The van der Waals surface area contributed by atoms with Crippen molar-refractivity contribution in [2.75, 3.05) is 14.2 Å². The van der Waals surface area contributed by atoms with Gasteiger partial charge in [-0.15, -0.1) is 0 Å². The summed E-state index contributed by atoms with van der Waals surface area (Å²) in [5.41, 5.74) is 0.612. The van der Waals surface area contributed by atoms with Crippen LogP contribution in [0.4, 0.5) is 8.78 Å². The summed E-state index contributed by atoms with van der Waals surface area (Å²) in [6, 6.07) is 5.16. The van der Waals surface area contributed by atoms with E-state index in [0.717, 1.165) is 0 Å². The van der Waals surface area contributed by atoms with Crippen LogP contribution in [-0.2, 0) is 9.53 Å². The zero-order chi connectivity index (χ0) is 12.8. The van der Waals surface area contributed by atoms with Crippen LogP contribution in [0.1, 0.15) is 11.6 Å². The van der Waals surface area contributed by atoms with E-state index in [2.05, 4.69) is 14.8 Å². The number of halogens is 2. The van der Waals surface area contributed by atoms with Gasteiger partial charge in [-0.3, -0.25) is 0 Å². The quantitative estimate of drug-likeness (QED) is 0.802. The average Bonchev–Trinajstić information content (AvgIpc) is 2.31. The molecule has 17 heavy (non-hydrogen) atoms.